The van der Waals surface area contributed by atoms with E-state index < -0.39 is 0 Å². The monoisotopic (exact) mass is 276 g/mol. The first-order chi connectivity index (χ1) is 9.19. The minimum Gasteiger partial charge on any atom is -0.466 e. The first kappa shape index (κ1) is 13.9. The normalized spacial score (nSPS) is 16.9. The Hall–Kier alpha value is -1.55. The van der Waals surface area contributed by atoms with E-state index in [1.807, 2.05) is 30.3 Å². The molecule has 1 aliphatic heterocycles. The molecule has 2 rings (SSSR count). The second-order valence-electron chi connectivity index (χ2n) is 4.25. The molecule has 3 nitrogen and oxygen atoms in total. The summed E-state index contributed by atoms with van der Waals surface area (Å²) in [6, 6.07) is 7.64. The number of carbonyl (C=O) groups is 2. The fraction of sp³-hybridized carbons (Fsp3) is 0.333. The minimum absolute atomic E-state index is 0.213. The molecule has 0 N–H and O–H groups in total. The maximum atomic E-state index is 11.5. The van der Waals surface area contributed by atoms with E-state index >= 15 is 0 Å². The summed E-state index contributed by atoms with van der Waals surface area (Å²) in [5.74, 6) is 0.891. The van der Waals surface area contributed by atoms with Crippen LogP contribution < -0.4 is 0 Å². The first-order valence-corrected chi connectivity index (χ1v) is 7.30. The molecule has 0 atom stereocenters. The fourth-order valence-corrected chi connectivity index (χ4v) is 2.83. The Balaban J connectivity index is 2.02. The zero-order valence-corrected chi connectivity index (χ0v) is 11.7. The summed E-state index contributed by atoms with van der Waals surface area (Å²) in [4.78, 5) is 23.7. The van der Waals surface area contributed by atoms with Crippen molar-refractivity contribution in [1.82, 2.24) is 0 Å². The molecular formula is C15H16O3S. The van der Waals surface area contributed by atoms with Gasteiger partial charge in [0.05, 0.1) is 17.9 Å². The lowest BCUT2D eigenvalue weighted by atomic mass is 10.1. The molecular weight excluding hydrogens is 260 g/mol. The van der Waals surface area contributed by atoms with Crippen LogP contribution in [-0.4, -0.2) is 24.1 Å². The molecule has 1 aliphatic rings. The lowest BCUT2D eigenvalue weighted by Gasteiger charge is -2.02. The van der Waals surface area contributed by atoms with Gasteiger partial charge in [-0.25, -0.2) is 0 Å². The van der Waals surface area contributed by atoms with E-state index in [-0.39, 0.29) is 11.8 Å². The average Bonchev–Trinajstić information content (AvgIpc) is 2.78. The molecule has 0 unspecified atom stereocenters. The van der Waals surface area contributed by atoms with Crippen molar-refractivity contribution in [2.75, 3.05) is 12.4 Å². The van der Waals surface area contributed by atoms with Gasteiger partial charge in [0.15, 0.2) is 5.78 Å². The van der Waals surface area contributed by atoms with E-state index in [1.54, 1.807) is 18.7 Å². The molecule has 100 valence electrons. The Bertz CT molecular complexity index is 503. The van der Waals surface area contributed by atoms with Crippen LogP contribution in [0.15, 0.2) is 29.2 Å². The average molecular weight is 276 g/mol. The van der Waals surface area contributed by atoms with Crippen LogP contribution in [0.2, 0.25) is 0 Å². The second kappa shape index (κ2) is 6.57. The molecule has 0 amide bonds. The van der Waals surface area contributed by atoms with E-state index in [0.29, 0.717) is 19.4 Å². The summed E-state index contributed by atoms with van der Waals surface area (Å²) in [6.45, 7) is 2.20. The summed E-state index contributed by atoms with van der Waals surface area (Å²) in [5.41, 5.74) is 1.91. The summed E-state index contributed by atoms with van der Waals surface area (Å²) in [7, 11) is 0. The predicted molar refractivity (Wildman–Crippen MR) is 76.8 cm³/mol. The van der Waals surface area contributed by atoms with Gasteiger partial charge in [-0.3, -0.25) is 9.59 Å². The molecule has 19 heavy (non-hydrogen) atoms. The van der Waals surface area contributed by atoms with E-state index in [2.05, 4.69) is 0 Å². The number of ketones is 1. The molecule has 1 aromatic carbocycles. The lowest BCUT2D eigenvalue weighted by Crippen LogP contribution is -2.07. The number of ether oxygens (including phenoxy) is 1. The maximum Gasteiger partial charge on any atom is 0.310 e. The van der Waals surface area contributed by atoms with Crippen LogP contribution in [0.3, 0.4) is 0 Å². The number of esters is 1. The molecule has 4 heteroatoms. The highest BCUT2D eigenvalue weighted by Gasteiger charge is 2.17. The van der Waals surface area contributed by atoms with Crippen LogP contribution in [0.4, 0.5) is 0 Å². The number of carbonyl (C=O) groups excluding carboxylic acids is 2. The highest BCUT2D eigenvalue weighted by molar-refractivity contribution is 8.04. The first-order valence-electron chi connectivity index (χ1n) is 6.31. The molecule has 0 saturated carbocycles. The Labute approximate surface area is 117 Å². The van der Waals surface area contributed by atoms with E-state index in [0.717, 1.165) is 21.8 Å². The number of hydrogen-bond acceptors (Lipinski definition) is 4. The highest BCUT2D eigenvalue weighted by atomic mass is 32.2. The Morgan fingerprint density at radius 2 is 2.11 bits per heavy atom. The maximum absolute atomic E-state index is 11.5. The van der Waals surface area contributed by atoms with Gasteiger partial charge in [0.1, 0.15) is 0 Å². The Kier molecular flexibility index (Phi) is 4.80. The van der Waals surface area contributed by atoms with Gasteiger partial charge in [0, 0.05) is 12.2 Å². The third-order valence-corrected chi connectivity index (χ3v) is 3.86. The van der Waals surface area contributed by atoms with E-state index in [9.17, 15) is 9.59 Å². The van der Waals surface area contributed by atoms with Crippen molar-refractivity contribution in [2.24, 2.45) is 0 Å². The van der Waals surface area contributed by atoms with Crippen LogP contribution in [0, 0.1) is 0 Å². The van der Waals surface area contributed by atoms with Crippen molar-refractivity contribution < 1.29 is 14.3 Å². The van der Waals surface area contributed by atoms with Crippen molar-refractivity contribution >= 4 is 29.6 Å². The molecule has 1 heterocycles. The minimum atomic E-state index is -0.213. The smallest absolute Gasteiger partial charge is 0.310 e. The summed E-state index contributed by atoms with van der Waals surface area (Å²) in [6.07, 6.45) is 2.84. The number of rotatable bonds is 4. The SMILES string of the molecule is CCOC(=O)Cc1ccc(/C=C2/SCCC2=O)cc1. The van der Waals surface area contributed by atoms with Crippen LogP contribution >= 0.6 is 11.8 Å². The van der Waals surface area contributed by atoms with Gasteiger partial charge in [0.2, 0.25) is 0 Å². The summed E-state index contributed by atoms with van der Waals surface area (Å²) < 4.78 is 4.90. The number of allylic oxidation sites excluding steroid dienone is 1. The molecule has 0 aromatic heterocycles. The van der Waals surface area contributed by atoms with Gasteiger partial charge in [-0.2, -0.15) is 0 Å². The molecule has 1 saturated heterocycles. The number of hydrogen-bond donors (Lipinski definition) is 0. The van der Waals surface area contributed by atoms with Gasteiger partial charge in [0.25, 0.3) is 0 Å². The van der Waals surface area contributed by atoms with Gasteiger partial charge in [-0.1, -0.05) is 24.3 Å². The van der Waals surface area contributed by atoms with Crippen molar-refractivity contribution in [2.45, 2.75) is 19.8 Å². The molecule has 0 aliphatic carbocycles. The number of thioether (sulfide) groups is 1. The predicted octanol–water partition coefficient (Wildman–Crippen LogP) is 2.84. The lowest BCUT2D eigenvalue weighted by molar-refractivity contribution is -0.142. The number of benzene rings is 1. The second-order valence-corrected chi connectivity index (χ2v) is 5.39. The van der Waals surface area contributed by atoms with Gasteiger partial charge >= 0.3 is 5.97 Å². The van der Waals surface area contributed by atoms with Crippen molar-refractivity contribution in [3.63, 3.8) is 0 Å². The van der Waals surface area contributed by atoms with Gasteiger partial charge in [-0.15, -0.1) is 11.8 Å². The topological polar surface area (TPSA) is 43.4 Å². The summed E-state index contributed by atoms with van der Waals surface area (Å²) >= 11 is 1.60. The largest absolute Gasteiger partial charge is 0.466 e. The quantitative estimate of drug-likeness (QED) is 0.626. The Morgan fingerprint density at radius 1 is 1.37 bits per heavy atom. The summed E-state index contributed by atoms with van der Waals surface area (Å²) in [5, 5.41) is 0. The highest BCUT2D eigenvalue weighted by Crippen LogP contribution is 2.29. The van der Waals surface area contributed by atoms with E-state index in [1.165, 1.54) is 0 Å². The fourth-order valence-electron chi connectivity index (χ4n) is 1.84. The third kappa shape index (κ3) is 3.96. The van der Waals surface area contributed by atoms with Gasteiger partial charge in [-0.05, 0) is 24.1 Å². The van der Waals surface area contributed by atoms with Crippen LogP contribution in [-0.2, 0) is 20.7 Å². The standard InChI is InChI=1S/C15H16O3S/c1-2-18-15(17)10-12-5-3-11(4-6-12)9-14-13(16)7-8-19-14/h3-6,9H,2,7-8,10H2,1H3/b14-9+. The molecule has 0 spiro atoms. The van der Waals surface area contributed by atoms with Crippen molar-refractivity contribution in [3.05, 3.63) is 40.3 Å². The van der Waals surface area contributed by atoms with Crippen LogP contribution in [0.5, 0.6) is 0 Å². The number of Topliss-reactive ketones (excluding diaryl/α,β-unsaturated/α-hetero) is 1. The van der Waals surface area contributed by atoms with E-state index in [4.69, 9.17) is 4.74 Å². The van der Waals surface area contributed by atoms with Crippen LogP contribution in [0.25, 0.3) is 6.08 Å². The van der Waals surface area contributed by atoms with Crippen LogP contribution in [0.1, 0.15) is 24.5 Å². The van der Waals surface area contributed by atoms with Gasteiger partial charge < -0.3 is 4.74 Å². The molecule has 1 aromatic rings. The zero-order chi connectivity index (χ0) is 13.7. The third-order valence-electron chi connectivity index (χ3n) is 2.79. The molecule has 1 fully saturated rings. The molecule has 0 radical (unpaired) electrons. The van der Waals surface area contributed by atoms with Crippen molar-refractivity contribution in [3.8, 4) is 0 Å². The molecule has 0 bridgehead atoms. The zero-order valence-electron chi connectivity index (χ0n) is 10.8. The Morgan fingerprint density at radius 3 is 2.68 bits per heavy atom. The van der Waals surface area contributed by atoms with Crippen molar-refractivity contribution in [1.29, 1.82) is 0 Å².